The van der Waals surface area contributed by atoms with Gasteiger partial charge in [-0.3, -0.25) is 5.84 Å². The number of aromatic nitrogens is 2. The molecular formula is C11H12BrFN4. The number of H-pyrrole nitrogens is 1. The first-order valence-electron chi connectivity index (χ1n) is 5.10. The summed E-state index contributed by atoms with van der Waals surface area (Å²) in [4.78, 5) is 7.14. The van der Waals surface area contributed by atoms with E-state index >= 15 is 0 Å². The second-order valence-corrected chi connectivity index (χ2v) is 4.49. The third kappa shape index (κ3) is 2.91. The Morgan fingerprint density at radius 1 is 1.53 bits per heavy atom. The second kappa shape index (κ2) is 5.39. The fourth-order valence-corrected chi connectivity index (χ4v) is 2.12. The van der Waals surface area contributed by atoms with Crippen molar-refractivity contribution >= 4 is 15.9 Å². The number of nitrogens with one attached hydrogen (secondary N) is 2. The van der Waals surface area contributed by atoms with E-state index in [1.807, 2.05) is 0 Å². The Labute approximate surface area is 107 Å². The van der Waals surface area contributed by atoms with Gasteiger partial charge in [0.25, 0.3) is 0 Å². The molecule has 0 fully saturated rings. The Hall–Kier alpha value is -1.24. The van der Waals surface area contributed by atoms with Crippen LogP contribution in [0.4, 0.5) is 4.39 Å². The smallest absolute Gasteiger partial charge is 0.124 e. The Morgan fingerprint density at radius 3 is 2.94 bits per heavy atom. The summed E-state index contributed by atoms with van der Waals surface area (Å²) in [5.41, 5.74) is 3.65. The number of aromatic amines is 1. The zero-order chi connectivity index (χ0) is 12.3. The zero-order valence-electron chi connectivity index (χ0n) is 8.95. The molecule has 1 unspecified atom stereocenters. The van der Waals surface area contributed by atoms with Crippen molar-refractivity contribution < 1.29 is 4.39 Å². The number of imidazole rings is 1. The van der Waals surface area contributed by atoms with E-state index in [2.05, 4.69) is 31.3 Å². The molecule has 1 aromatic carbocycles. The van der Waals surface area contributed by atoms with Crippen molar-refractivity contribution in [2.24, 2.45) is 5.84 Å². The van der Waals surface area contributed by atoms with Crippen molar-refractivity contribution in [2.45, 2.75) is 12.5 Å². The number of nitrogens with zero attached hydrogens (tertiary/aromatic N) is 1. The number of nitrogens with two attached hydrogens (primary N) is 1. The van der Waals surface area contributed by atoms with E-state index in [0.29, 0.717) is 6.42 Å². The van der Waals surface area contributed by atoms with Crippen LogP contribution in [0.3, 0.4) is 0 Å². The van der Waals surface area contributed by atoms with Crippen molar-refractivity contribution in [1.82, 2.24) is 15.4 Å². The van der Waals surface area contributed by atoms with Gasteiger partial charge in [0.2, 0.25) is 0 Å². The Morgan fingerprint density at radius 2 is 2.35 bits per heavy atom. The molecule has 2 aromatic rings. The van der Waals surface area contributed by atoms with Gasteiger partial charge in [0.05, 0.1) is 6.04 Å². The average molecular weight is 299 g/mol. The molecule has 0 amide bonds. The normalized spacial score (nSPS) is 12.6. The highest BCUT2D eigenvalue weighted by Gasteiger charge is 2.14. The van der Waals surface area contributed by atoms with Crippen LogP contribution in [0.2, 0.25) is 0 Å². The number of halogens is 2. The van der Waals surface area contributed by atoms with Gasteiger partial charge in [-0.1, -0.05) is 22.0 Å². The third-order valence-electron chi connectivity index (χ3n) is 2.49. The molecule has 4 nitrogen and oxygen atoms in total. The molecule has 0 saturated carbocycles. The molecule has 0 aliphatic carbocycles. The van der Waals surface area contributed by atoms with Gasteiger partial charge in [0.1, 0.15) is 11.6 Å². The molecule has 2 rings (SSSR count). The van der Waals surface area contributed by atoms with Crippen LogP contribution in [0, 0.1) is 5.82 Å². The number of hydrogen-bond acceptors (Lipinski definition) is 3. The molecular weight excluding hydrogens is 287 g/mol. The SMILES string of the molecule is NNC(Cc1ccc(F)cc1Br)c1ncc[nH]1. The second-order valence-electron chi connectivity index (χ2n) is 3.63. The first-order chi connectivity index (χ1) is 8.20. The van der Waals surface area contributed by atoms with Crippen molar-refractivity contribution in [3.05, 3.63) is 52.3 Å². The predicted octanol–water partition coefficient (Wildman–Crippen LogP) is 2.06. The van der Waals surface area contributed by atoms with Crippen LogP contribution in [-0.4, -0.2) is 9.97 Å². The Bertz CT molecular complexity index is 486. The zero-order valence-corrected chi connectivity index (χ0v) is 10.5. The minimum absolute atomic E-state index is 0.133. The minimum atomic E-state index is -0.268. The van der Waals surface area contributed by atoms with Crippen LogP contribution >= 0.6 is 15.9 Å². The van der Waals surface area contributed by atoms with Gasteiger partial charge in [-0.2, -0.15) is 0 Å². The van der Waals surface area contributed by atoms with E-state index in [1.165, 1.54) is 12.1 Å². The summed E-state index contributed by atoms with van der Waals surface area (Å²) in [6, 6.07) is 4.46. The molecule has 0 saturated heterocycles. The van der Waals surface area contributed by atoms with Crippen molar-refractivity contribution in [2.75, 3.05) is 0 Å². The van der Waals surface area contributed by atoms with Gasteiger partial charge >= 0.3 is 0 Å². The van der Waals surface area contributed by atoms with Crippen LogP contribution in [0.15, 0.2) is 35.1 Å². The van der Waals surface area contributed by atoms with E-state index in [9.17, 15) is 4.39 Å². The highest BCUT2D eigenvalue weighted by molar-refractivity contribution is 9.10. The highest BCUT2D eigenvalue weighted by atomic mass is 79.9. The molecule has 0 aliphatic rings. The molecule has 1 atom stereocenters. The molecule has 0 bridgehead atoms. The molecule has 90 valence electrons. The summed E-state index contributed by atoms with van der Waals surface area (Å²) in [6.07, 6.45) is 4.02. The van der Waals surface area contributed by atoms with Crippen molar-refractivity contribution in [3.63, 3.8) is 0 Å². The van der Waals surface area contributed by atoms with Crippen LogP contribution < -0.4 is 11.3 Å². The highest BCUT2D eigenvalue weighted by Crippen LogP contribution is 2.22. The fraction of sp³-hybridized carbons (Fsp3) is 0.182. The van der Waals surface area contributed by atoms with E-state index < -0.39 is 0 Å². The Balaban J connectivity index is 2.19. The summed E-state index contributed by atoms with van der Waals surface area (Å²) in [7, 11) is 0. The number of hydrogen-bond donors (Lipinski definition) is 3. The van der Waals surface area contributed by atoms with E-state index in [-0.39, 0.29) is 11.9 Å². The average Bonchev–Trinajstić information content (AvgIpc) is 2.81. The summed E-state index contributed by atoms with van der Waals surface area (Å²) >= 11 is 3.33. The predicted molar refractivity (Wildman–Crippen MR) is 66.5 cm³/mol. The quantitative estimate of drug-likeness (QED) is 0.598. The molecule has 1 heterocycles. The van der Waals surface area contributed by atoms with Gasteiger partial charge in [0.15, 0.2) is 0 Å². The van der Waals surface area contributed by atoms with Crippen LogP contribution in [0.25, 0.3) is 0 Å². The van der Waals surface area contributed by atoms with Gasteiger partial charge in [0, 0.05) is 16.9 Å². The lowest BCUT2D eigenvalue weighted by Gasteiger charge is -2.14. The standard InChI is InChI=1S/C11H12BrFN4/c12-9-6-8(13)2-1-7(9)5-10(17-14)11-15-3-4-16-11/h1-4,6,10,17H,5,14H2,(H,15,16). The molecule has 17 heavy (non-hydrogen) atoms. The van der Waals surface area contributed by atoms with Gasteiger partial charge in [-0.05, 0) is 24.1 Å². The lowest BCUT2D eigenvalue weighted by atomic mass is 10.1. The van der Waals surface area contributed by atoms with Gasteiger partial charge in [-0.15, -0.1) is 0 Å². The molecule has 0 spiro atoms. The number of benzene rings is 1. The van der Waals surface area contributed by atoms with E-state index in [0.717, 1.165) is 15.9 Å². The summed E-state index contributed by atoms with van der Waals surface area (Å²) < 4.78 is 13.7. The van der Waals surface area contributed by atoms with Gasteiger partial charge < -0.3 is 4.98 Å². The maximum absolute atomic E-state index is 13.0. The molecule has 1 aromatic heterocycles. The van der Waals surface area contributed by atoms with Gasteiger partial charge in [-0.25, -0.2) is 14.8 Å². The summed E-state index contributed by atoms with van der Waals surface area (Å²) in [5.74, 6) is 5.98. The van der Waals surface area contributed by atoms with Crippen molar-refractivity contribution in [1.29, 1.82) is 0 Å². The van der Waals surface area contributed by atoms with E-state index in [4.69, 9.17) is 5.84 Å². The Kier molecular flexibility index (Phi) is 3.88. The molecule has 6 heteroatoms. The first-order valence-corrected chi connectivity index (χ1v) is 5.89. The van der Waals surface area contributed by atoms with Crippen molar-refractivity contribution in [3.8, 4) is 0 Å². The topological polar surface area (TPSA) is 66.7 Å². The monoisotopic (exact) mass is 298 g/mol. The largest absolute Gasteiger partial charge is 0.347 e. The third-order valence-corrected chi connectivity index (χ3v) is 3.23. The van der Waals surface area contributed by atoms with E-state index in [1.54, 1.807) is 18.5 Å². The lowest BCUT2D eigenvalue weighted by Crippen LogP contribution is -2.30. The fourth-order valence-electron chi connectivity index (χ4n) is 1.61. The van der Waals surface area contributed by atoms with Crippen LogP contribution in [0.5, 0.6) is 0 Å². The number of rotatable bonds is 4. The first kappa shape index (κ1) is 12.2. The molecule has 0 aliphatic heterocycles. The summed E-state index contributed by atoms with van der Waals surface area (Å²) in [6.45, 7) is 0. The molecule has 4 N–H and O–H groups in total. The maximum Gasteiger partial charge on any atom is 0.124 e. The maximum atomic E-state index is 13.0. The summed E-state index contributed by atoms with van der Waals surface area (Å²) in [5, 5.41) is 0. The number of hydrazine groups is 1. The minimum Gasteiger partial charge on any atom is -0.347 e. The lowest BCUT2D eigenvalue weighted by molar-refractivity contribution is 0.526. The van der Waals surface area contributed by atoms with Crippen LogP contribution in [0.1, 0.15) is 17.4 Å². The van der Waals surface area contributed by atoms with Crippen LogP contribution in [-0.2, 0) is 6.42 Å². The molecule has 0 radical (unpaired) electrons.